The van der Waals surface area contributed by atoms with Gasteiger partial charge >= 0.3 is 23.0 Å². The van der Waals surface area contributed by atoms with E-state index in [4.69, 9.17) is 5.73 Å². The average Bonchev–Trinajstić information content (AvgIpc) is 3.41. The van der Waals surface area contributed by atoms with Gasteiger partial charge < -0.3 is 69.3 Å². The Labute approximate surface area is 463 Å². The SMILES string of the molecule is N[C@H]1CSCCC(=O)n2c(=O)n3c(=O)n(c2=O)C(=O)CCSC[C@H](NC(=O)CNC(=O)CNC(=O)CNC(=O)CCC(=O)CNC1=O)C(=O)NCC(=O)NCC(=O)NCC(=O)NCC(=O)NCC(=O)N[C@H](C(=O)O)CSCCC3=O. The quantitative estimate of drug-likeness (QED) is 0.124. The van der Waals surface area contributed by atoms with E-state index in [2.05, 4.69) is 58.5 Å². The first-order valence-electron chi connectivity index (χ1n) is 23.7. The standard InChI is InChI=1S/C42H57N15O20S3/c43-22-18-78-6-3-34(68)55-40(75)56-35(69)4-7-79-19-23(53-32(66)16-49-29(63)13-45-26(60)10-44-25(59)2-1-21(58)9-51-37(22)71)38(72)52-15-31(65)48-12-28(62)46-11-27(61)47-14-30(64)50-17-33(67)54-24(39(73)74)20-80-8-5-36(70)57(41(55)76)42(56)77/h22-24H,1-20,43H2,(H,44,59)(H,45,60)(H,46,62)(H,47,61)(H,48,65)(H,49,63)(H,50,64)(H,51,71)(H,52,72)(H,53,66)(H,54,67)(H,73,74)/t22-,23-,24-/m0/s1. The van der Waals surface area contributed by atoms with Crippen LogP contribution in [0.3, 0.4) is 0 Å². The van der Waals surface area contributed by atoms with E-state index >= 15 is 0 Å². The molecule has 0 saturated heterocycles. The third-order valence-corrected chi connectivity index (χ3v) is 13.6. The molecule has 80 heavy (non-hydrogen) atoms. The van der Waals surface area contributed by atoms with Crippen molar-refractivity contribution >= 4 is 130 Å². The average molecular weight is 1190 g/mol. The number of carboxylic acid groups (broad SMARTS) is 1. The highest BCUT2D eigenvalue weighted by atomic mass is 32.2. The van der Waals surface area contributed by atoms with Gasteiger partial charge in [-0.05, 0) is 0 Å². The molecule has 3 rings (SSSR count). The fourth-order valence-electron chi connectivity index (χ4n) is 6.20. The summed E-state index contributed by atoms with van der Waals surface area (Å²) >= 11 is 2.28. The number of rotatable bonds is 1. The molecule has 438 valence electrons. The Morgan fingerprint density at radius 3 is 1.14 bits per heavy atom. The summed E-state index contributed by atoms with van der Waals surface area (Å²) in [6, 6.07) is -4.55. The molecule has 0 radical (unpaired) electrons. The van der Waals surface area contributed by atoms with Crippen molar-refractivity contribution in [1.29, 1.82) is 0 Å². The number of nitrogens with one attached hydrogen (secondary N) is 11. The van der Waals surface area contributed by atoms with E-state index in [9.17, 15) is 96.2 Å². The lowest BCUT2D eigenvalue weighted by Crippen LogP contribution is -2.59. The van der Waals surface area contributed by atoms with Crippen LogP contribution in [0.5, 0.6) is 0 Å². The fraction of sp³-hybridized carbons (Fsp3) is 0.548. The maximum atomic E-state index is 13.8. The molecule has 0 saturated carbocycles. The van der Waals surface area contributed by atoms with Gasteiger partial charge in [0, 0.05) is 66.6 Å². The second-order valence-corrected chi connectivity index (χ2v) is 20.1. The van der Waals surface area contributed by atoms with Gasteiger partial charge in [0.1, 0.15) is 12.1 Å². The van der Waals surface area contributed by atoms with Crippen LogP contribution in [0.25, 0.3) is 0 Å². The van der Waals surface area contributed by atoms with Crippen LogP contribution in [0.2, 0.25) is 0 Å². The third-order valence-electron chi connectivity index (χ3n) is 10.4. The Balaban J connectivity index is 2.00. The number of thioether (sulfide) groups is 3. The summed E-state index contributed by atoms with van der Waals surface area (Å²) in [6.45, 7) is -6.46. The number of nitrogens with zero attached hydrogens (tertiary/aromatic N) is 3. The third kappa shape index (κ3) is 23.4. The Morgan fingerprint density at radius 1 is 0.388 bits per heavy atom. The van der Waals surface area contributed by atoms with Crippen LogP contribution >= 0.6 is 35.3 Å². The maximum Gasteiger partial charge on any atom is 0.350 e. The number of amides is 11. The van der Waals surface area contributed by atoms with Crippen LogP contribution in [-0.4, -0.2) is 225 Å². The van der Waals surface area contributed by atoms with E-state index in [1.807, 2.05) is 0 Å². The molecular formula is C42H57N15O20S3. The van der Waals surface area contributed by atoms with Crippen molar-refractivity contribution in [3.63, 3.8) is 0 Å². The summed E-state index contributed by atoms with van der Waals surface area (Å²) < 4.78 is -0.497. The van der Waals surface area contributed by atoms with Crippen molar-refractivity contribution in [3.8, 4) is 0 Å². The largest absolute Gasteiger partial charge is 0.480 e. The molecule has 4 bridgehead atoms. The minimum atomic E-state index is -1.82. The van der Waals surface area contributed by atoms with Gasteiger partial charge in [0.25, 0.3) is 0 Å². The van der Waals surface area contributed by atoms with Crippen molar-refractivity contribution in [3.05, 3.63) is 31.5 Å². The molecule has 0 fully saturated rings. The molecule has 0 aromatic carbocycles. The number of carbonyl (C=O) groups is 16. The van der Waals surface area contributed by atoms with Crippen LogP contribution in [0.15, 0.2) is 14.4 Å². The van der Waals surface area contributed by atoms with Crippen LogP contribution in [0.4, 0.5) is 0 Å². The van der Waals surface area contributed by atoms with Crippen molar-refractivity contribution < 1.29 is 81.8 Å². The molecule has 2 aliphatic rings. The molecule has 0 aliphatic carbocycles. The molecular weight excluding hydrogens is 1130 g/mol. The maximum absolute atomic E-state index is 13.8. The predicted molar refractivity (Wildman–Crippen MR) is 278 cm³/mol. The summed E-state index contributed by atoms with van der Waals surface area (Å²) in [4.78, 5) is 244. The zero-order valence-corrected chi connectivity index (χ0v) is 44.7. The number of carboxylic acids is 1. The minimum absolute atomic E-state index is 0.154. The van der Waals surface area contributed by atoms with Crippen LogP contribution in [0, 0.1) is 0 Å². The summed E-state index contributed by atoms with van der Waals surface area (Å²) in [6.07, 6.45) is -3.08. The number of fused-ring (bicyclic) bond motifs is 7. The van der Waals surface area contributed by atoms with Gasteiger partial charge in [-0.25, -0.2) is 19.2 Å². The Bertz CT molecular complexity index is 2800. The number of nitrogens with two attached hydrogens (primary N) is 1. The molecule has 1 aromatic rings. The van der Waals surface area contributed by atoms with Crippen molar-refractivity contribution in [2.24, 2.45) is 5.73 Å². The second-order valence-electron chi connectivity index (χ2n) is 16.6. The molecule has 2 aliphatic heterocycles. The Kier molecular flexibility index (Phi) is 28.0. The highest BCUT2D eigenvalue weighted by Gasteiger charge is 2.29. The first-order valence-corrected chi connectivity index (χ1v) is 27.2. The van der Waals surface area contributed by atoms with E-state index in [-0.39, 0.29) is 37.4 Å². The number of carbonyl (C=O) groups excluding carboxylic acids is 15. The molecule has 35 nitrogen and oxygen atoms in total. The number of hydrogen-bond donors (Lipinski definition) is 13. The lowest BCUT2D eigenvalue weighted by Gasteiger charge is -2.18. The Morgan fingerprint density at radius 2 is 0.725 bits per heavy atom. The molecule has 14 N–H and O–H groups in total. The van der Waals surface area contributed by atoms with E-state index in [1.165, 1.54) is 0 Å². The highest BCUT2D eigenvalue weighted by Crippen LogP contribution is 2.09. The summed E-state index contributed by atoms with van der Waals surface area (Å²) in [5.41, 5.74) is 0.503. The van der Waals surface area contributed by atoms with Crippen LogP contribution < -0.4 is 81.3 Å². The van der Waals surface area contributed by atoms with E-state index in [0.717, 1.165) is 23.5 Å². The predicted octanol–water partition coefficient (Wildman–Crippen LogP) is -10.7. The fourth-order valence-corrected chi connectivity index (χ4v) is 8.99. The van der Waals surface area contributed by atoms with Gasteiger partial charge in [-0.15, -0.1) is 0 Å². The van der Waals surface area contributed by atoms with Gasteiger partial charge in [0.15, 0.2) is 5.78 Å². The van der Waals surface area contributed by atoms with Gasteiger partial charge in [-0.1, -0.05) is 0 Å². The smallest absolute Gasteiger partial charge is 0.350 e. The lowest BCUT2D eigenvalue weighted by molar-refractivity contribution is -0.141. The first kappa shape index (κ1) is 66.0. The van der Waals surface area contributed by atoms with Crippen molar-refractivity contribution in [2.45, 2.75) is 50.2 Å². The highest BCUT2D eigenvalue weighted by molar-refractivity contribution is 7.99. The monoisotopic (exact) mass is 1190 g/mol. The van der Waals surface area contributed by atoms with Crippen molar-refractivity contribution in [2.75, 3.05) is 93.4 Å². The van der Waals surface area contributed by atoms with E-state index in [1.54, 1.807) is 0 Å². The molecule has 0 unspecified atom stereocenters. The van der Waals surface area contributed by atoms with Crippen molar-refractivity contribution in [1.82, 2.24) is 72.2 Å². The van der Waals surface area contributed by atoms with E-state index < -0.39 is 231 Å². The normalized spacial score (nSPS) is 22.0. The van der Waals surface area contributed by atoms with Gasteiger partial charge in [0.2, 0.25) is 82.7 Å². The number of ketones is 1. The summed E-state index contributed by atoms with van der Waals surface area (Å²) in [5.74, 6) is -18.7. The topological polar surface area (TPSA) is 518 Å². The van der Waals surface area contributed by atoms with E-state index in [0.29, 0.717) is 11.8 Å². The zero-order valence-electron chi connectivity index (χ0n) is 42.2. The Hall–Kier alpha value is -8.26. The lowest BCUT2D eigenvalue weighted by atomic mass is 10.2. The zero-order chi connectivity index (χ0) is 59.5. The van der Waals surface area contributed by atoms with Gasteiger partial charge in [-0.3, -0.25) is 71.9 Å². The summed E-state index contributed by atoms with van der Waals surface area (Å²) in [5, 5.41) is 33.7. The molecule has 11 amide bonds. The van der Waals surface area contributed by atoms with Crippen LogP contribution in [0.1, 0.15) is 46.5 Å². The second kappa shape index (κ2) is 33.9. The number of aromatic nitrogens is 3. The molecule has 1 aromatic heterocycles. The number of hydrogen-bond acceptors (Lipinski definition) is 23. The molecule has 38 heteroatoms. The summed E-state index contributed by atoms with van der Waals surface area (Å²) in [7, 11) is 0. The minimum Gasteiger partial charge on any atom is -0.480 e. The van der Waals surface area contributed by atoms with Gasteiger partial charge in [0.05, 0.1) is 64.9 Å². The molecule has 3 atom stereocenters. The molecule has 3 heterocycles. The molecule has 0 spiro atoms. The number of aliphatic carboxylic acids is 1. The first-order chi connectivity index (χ1) is 37.9. The van der Waals surface area contributed by atoms with Gasteiger partial charge in [-0.2, -0.15) is 49.0 Å². The number of Topliss-reactive ketones (excluding diaryl/α,β-unsaturated/α-hetero) is 1. The van der Waals surface area contributed by atoms with Crippen LogP contribution in [-0.2, 0) is 62.3 Å².